The van der Waals surface area contributed by atoms with Crippen LogP contribution in [0.1, 0.15) is 74.3 Å². The first kappa shape index (κ1) is 36.0. The number of unbranched alkanes of at least 4 members (excludes halogenated alkanes) is 1. The Bertz CT molecular complexity index is 2130. The van der Waals surface area contributed by atoms with Gasteiger partial charge in [-0.25, -0.2) is 14.6 Å². The predicted molar refractivity (Wildman–Crippen MR) is 190 cm³/mol. The van der Waals surface area contributed by atoms with Crippen LogP contribution in [0.25, 0.3) is 22.3 Å². The Morgan fingerprint density at radius 3 is 2.54 bits per heavy atom. The van der Waals surface area contributed by atoms with Crippen molar-refractivity contribution in [2.75, 3.05) is 11.9 Å². The van der Waals surface area contributed by atoms with Gasteiger partial charge in [0.25, 0.3) is 5.56 Å². The summed E-state index contributed by atoms with van der Waals surface area (Å²) in [6.45, 7) is 5.24. The molecular formula is C38H41N5O9. The number of aromatic hydroxyl groups is 1. The highest BCUT2D eigenvalue weighted by atomic mass is 16.7. The number of carbonyl (C=O) groups excluding carboxylic acids is 4. The van der Waals surface area contributed by atoms with E-state index in [1.807, 2.05) is 6.92 Å². The number of amides is 2. The Labute approximate surface area is 299 Å². The maximum atomic E-state index is 13.9. The normalized spacial score (nSPS) is 16.3. The van der Waals surface area contributed by atoms with Crippen LogP contribution in [0.4, 0.5) is 10.5 Å². The summed E-state index contributed by atoms with van der Waals surface area (Å²) in [6, 6.07) is 12.5. The third kappa shape index (κ3) is 6.81. The molecule has 0 aliphatic carbocycles. The first-order chi connectivity index (χ1) is 25.0. The number of hydrogen-bond acceptors (Lipinski definition) is 11. The summed E-state index contributed by atoms with van der Waals surface area (Å²) in [5, 5.41) is 16.4. The lowest BCUT2D eigenvalue weighted by atomic mass is 9.85. The second kappa shape index (κ2) is 14.8. The zero-order valence-electron chi connectivity index (χ0n) is 29.2. The van der Waals surface area contributed by atoms with Crippen molar-refractivity contribution in [1.82, 2.24) is 14.9 Å². The van der Waals surface area contributed by atoms with Gasteiger partial charge in [0.1, 0.15) is 25.0 Å². The summed E-state index contributed by atoms with van der Waals surface area (Å²) in [4.78, 5) is 69.9. The van der Waals surface area contributed by atoms with E-state index >= 15 is 0 Å². The summed E-state index contributed by atoms with van der Waals surface area (Å²) in [7, 11) is 0. The van der Waals surface area contributed by atoms with E-state index in [2.05, 4.69) is 10.6 Å². The van der Waals surface area contributed by atoms with Crippen molar-refractivity contribution in [2.45, 2.75) is 84.3 Å². The topological polar surface area (TPSA) is 201 Å². The Morgan fingerprint density at radius 1 is 1.08 bits per heavy atom. The highest BCUT2D eigenvalue weighted by molar-refractivity contribution is 5.97. The summed E-state index contributed by atoms with van der Waals surface area (Å²) in [5.74, 6) is -1.39. The summed E-state index contributed by atoms with van der Waals surface area (Å²) < 4.78 is 18.2. The van der Waals surface area contributed by atoms with Crippen molar-refractivity contribution in [3.63, 3.8) is 0 Å². The number of phenolic OH excluding ortho intramolecular Hbond substituents is 1. The van der Waals surface area contributed by atoms with E-state index in [4.69, 9.17) is 24.9 Å². The van der Waals surface area contributed by atoms with Gasteiger partial charge in [-0.15, -0.1) is 0 Å². The fourth-order valence-corrected chi connectivity index (χ4v) is 6.95. The Kier molecular flexibility index (Phi) is 10.3. The van der Waals surface area contributed by atoms with E-state index < -0.39 is 23.8 Å². The van der Waals surface area contributed by atoms with Crippen LogP contribution in [0.3, 0.4) is 0 Å². The summed E-state index contributed by atoms with van der Waals surface area (Å²) in [5.41, 5.74) is 8.20. The van der Waals surface area contributed by atoms with E-state index in [-0.39, 0.29) is 60.4 Å². The number of benzene rings is 2. The molecule has 0 saturated carbocycles. The number of ether oxygens (including phenoxy) is 3. The third-order valence-electron chi connectivity index (χ3n) is 9.59. The van der Waals surface area contributed by atoms with E-state index in [1.54, 1.807) is 60.0 Å². The van der Waals surface area contributed by atoms with Gasteiger partial charge in [0, 0.05) is 29.1 Å². The number of aromatic nitrogens is 2. The number of carbonyl (C=O) groups is 4. The maximum absolute atomic E-state index is 13.9. The molecule has 6 rings (SSSR count). The summed E-state index contributed by atoms with van der Waals surface area (Å²) in [6.07, 6.45) is 1.31. The van der Waals surface area contributed by atoms with Gasteiger partial charge >= 0.3 is 12.1 Å². The number of aryl methyl sites for hydroxylation is 1. The molecule has 2 atom stereocenters. The minimum absolute atomic E-state index is 0.0333. The van der Waals surface area contributed by atoms with Crippen LogP contribution in [0.15, 0.2) is 53.3 Å². The summed E-state index contributed by atoms with van der Waals surface area (Å²) >= 11 is 0. The molecule has 2 aliphatic heterocycles. The predicted octanol–water partition coefficient (Wildman–Crippen LogP) is 4.28. The van der Waals surface area contributed by atoms with Crippen molar-refractivity contribution in [3.8, 4) is 17.1 Å². The number of nitrogens with one attached hydrogen (secondary N) is 2. The smallest absolute Gasteiger partial charge is 0.508 e. The van der Waals surface area contributed by atoms with Crippen LogP contribution < -0.4 is 21.9 Å². The lowest BCUT2D eigenvalue weighted by Gasteiger charge is -2.35. The fourth-order valence-electron chi connectivity index (χ4n) is 6.95. The molecule has 0 fully saturated rings. The molecule has 0 radical (unpaired) electrons. The molecule has 272 valence electrons. The number of hydrogen-bond donors (Lipinski definition) is 4. The molecule has 0 saturated heterocycles. The molecule has 5 N–H and O–H groups in total. The second-order valence-electron chi connectivity index (χ2n) is 12.9. The van der Waals surface area contributed by atoms with Crippen LogP contribution >= 0.6 is 0 Å². The van der Waals surface area contributed by atoms with Gasteiger partial charge in [-0.1, -0.05) is 26.0 Å². The molecule has 14 heteroatoms. The van der Waals surface area contributed by atoms with Gasteiger partial charge in [0.05, 0.1) is 29.0 Å². The van der Waals surface area contributed by atoms with Gasteiger partial charge in [-0.05, 0) is 86.2 Å². The van der Waals surface area contributed by atoms with Crippen LogP contribution in [0, 0.1) is 0 Å². The number of pyridine rings is 2. The van der Waals surface area contributed by atoms with Crippen molar-refractivity contribution in [2.24, 2.45) is 5.73 Å². The van der Waals surface area contributed by atoms with Crippen LogP contribution in [0.2, 0.25) is 0 Å². The zero-order chi connectivity index (χ0) is 37.2. The van der Waals surface area contributed by atoms with E-state index in [0.29, 0.717) is 54.0 Å². The molecule has 2 aliphatic rings. The van der Waals surface area contributed by atoms with Crippen LogP contribution in [-0.4, -0.2) is 51.2 Å². The standard InChI is InChI=1S/C38H41N5O9/c1-4-25-26-16-24(45)13-14-30(26)42-33-27(25)18-43-32(33)17-29-28(35(43)47)20-50-36(48)38(29,5-2)52-37(49)51-19-22-9-11-23(12-10-22)41-34(46)31(40-21(3)44)8-6-7-15-39/h9-14,16-17,31,45H,4-8,15,18-20,39H2,1-3H3,(H,40,44)(H,41,46). The third-order valence-corrected chi connectivity index (χ3v) is 9.59. The van der Waals surface area contributed by atoms with Crippen molar-refractivity contribution in [3.05, 3.63) is 86.7 Å². The minimum Gasteiger partial charge on any atom is -0.508 e. The average Bonchev–Trinajstić information content (AvgIpc) is 3.49. The van der Waals surface area contributed by atoms with Crippen molar-refractivity contribution < 1.29 is 38.5 Å². The van der Waals surface area contributed by atoms with E-state index in [9.17, 15) is 29.1 Å². The van der Waals surface area contributed by atoms with E-state index in [0.717, 1.165) is 22.9 Å². The molecular weight excluding hydrogens is 670 g/mol. The maximum Gasteiger partial charge on any atom is 0.510 e. The largest absolute Gasteiger partial charge is 0.510 e. The zero-order valence-corrected chi connectivity index (χ0v) is 29.2. The number of cyclic esters (lactones) is 1. The molecule has 2 amide bonds. The Balaban J connectivity index is 1.20. The molecule has 0 bridgehead atoms. The molecule has 2 aromatic heterocycles. The molecule has 0 spiro atoms. The number of phenols is 1. The molecule has 4 heterocycles. The highest BCUT2D eigenvalue weighted by Gasteiger charge is 2.51. The van der Waals surface area contributed by atoms with Crippen LogP contribution in [-0.2, 0) is 60.4 Å². The number of nitrogens with zero attached hydrogens (tertiary/aromatic N) is 2. The molecule has 14 nitrogen and oxygen atoms in total. The first-order valence-corrected chi connectivity index (χ1v) is 17.3. The van der Waals surface area contributed by atoms with Crippen molar-refractivity contribution >= 4 is 40.5 Å². The monoisotopic (exact) mass is 711 g/mol. The number of anilines is 1. The Morgan fingerprint density at radius 2 is 1.85 bits per heavy atom. The van der Waals surface area contributed by atoms with E-state index in [1.165, 1.54) is 6.92 Å². The molecule has 2 unspecified atom stereocenters. The lowest BCUT2D eigenvalue weighted by molar-refractivity contribution is -0.175. The number of rotatable bonds is 12. The highest BCUT2D eigenvalue weighted by Crippen LogP contribution is 2.42. The average molecular weight is 712 g/mol. The number of fused-ring (bicyclic) bond motifs is 5. The lowest BCUT2D eigenvalue weighted by Crippen LogP contribution is -2.47. The van der Waals surface area contributed by atoms with Gasteiger partial charge in [-0.2, -0.15) is 0 Å². The molecule has 52 heavy (non-hydrogen) atoms. The second-order valence-corrected chi connectivity index (χ2v) is 12.9. The quantitative estimate of drug-likeness (QED) is 0.106. The SMILES string of the molecule is CCc1c2c(nc3ccc(O)cc13)-c1cc3c(c(=O)n1C2)COC(=O)C3(CC)OC(=O)OCc1ccc(NC(=O)C(CCCCN)NC(C)=O)cc1. The van der Waals surface area contributed by atoms with Gasteiger partial charge in [0.15, 0.2) is 0 Å². The number of nitrogens with two attached hydrogens (primary N) is 1. The fraction of sp³-hybridized carbons (Fsp3) is 0.368. The number of esters is 1. The van der Waals surface area contributed by atoms with Crippen molar-refractivity contribution in [1.29, 1.82) is 0 Å². The van der Waals surface area contributed by atoms with Crippen LogP contribution in [0.5, 0.6) is 5.75 Å². The van der Waals surface area contributed by atoms with Gasteiger partial charge < -0.3 is 40.3 Å². The first-order valence-electron chi connectivity index (χ1n) is 17.3. The van der Waals surface area contributed by atoms with Gasteiger partial charge in [0.2, 0.25) is 17.4 Å². The van der Waals surface area contributed by atoms with Gasteiger partial charge in [-0.3, -0.25) is 14.4 Å². The minimum atomic E-state index is -1.94. The molecule has 2 aromatic carbocycles. The Hall–Kier alpha value is -5.76. The molecule has 4 aromatic rings.